The molecule has 1 amide bonds. The van der Waals surface area contributed by atoms with Gasteiger partial charge in [0.2, 0.25) is 0 Å². The Kier molecular flexibility index (Phi) is 5.88. The third kappa shape index (κ3) is 4.36. The monoisotopic (exact) mass is 329 g/mol. The minimum absolute atomic E-state index is 0.0136. The van der Waals surface area contributed by atoms with E-state index in [2.05, 4.69) is 22.0 Å². The summed E-state index contributed by atoms with van der Waals surface area (Å²) in [5.74, 6) is 0.834. The van der Waals surface area contributed by atoms with Crippen LogP contribution in [0.5, 0.6) is 5.75 Å². The van der Waals surface area contributed by atoms with Crippen LogP contribution in [-0.4, -0.2) is 68.1 Å². The van der Waals surface area contributed by atoms with Crippen LogP contribution in [0.2, 0.25) is 0 Å². The van der Waals surface area contributed by atoms with Gasteiger partial charge in [-0.05, 0) is 31.7 Å². The van der Waals surface area contributed by atoms with E-state index in [-0.39, 0.29) is 5.91 Å². The van der Waals surface area contributed by atoms with Crippen LogP contribution in [0, 0.1) is 0 Å². The van der Waals surface area contributed by atoms with Gasteiger partial charge in [0.15, 0.2) is 0 Å². The molecule has 1 aromatic rings. The standard InChI is InChI=1S/C19H27N3O2/c1-2-21-10-12-22(13-11-21)9-5-8-20-19(23)17-14-16-6-3-4-7-18(16)24-15-17/h3-4,6-7,14H,2,5,8-13,15H2,1H3,(H,20,23). The van der Waals surface area contributed by atoms with Gasteiger partial charge in [0.05, 0.1) is 5.57 Å². The van der Waals surface area contributed by atoms with E-state index in [1.807, 2.05) is 30.3 Å². The van der Waals surface area contributed by atoms with E-state index in [1.54, 1.807) is 0 Å². The molecule has 0 saturated carbocycles. The van der Waals surface area contributed by atoms with Crippen molar-refractivity contribution >= 4 is 12.0 Å². The minimum Gasteiger partial charge on any atom is -0.488 e. The van der Waals surface area contributed by atoms with E-state index < -0.39 is 0 Å². The molecule has 5 heteroatoms. The predicted molar refractivity (Wildman–Crippen MR) is 96.1 cm³/mol. The Bertz CT molecular complexity index is 592. The Morgan fingerprint density at radius 1 is 1.17 bits per heavy atom. The molecule has 2 heterocycles. The quantitative estimate of drug-likeness (QED) is 0.806. The zero-order valence-electron chi connectivity index (χ0n) is 14.5. The first-order chi connectivity index (χ1) is 11.8. The van der Waals surface area contributed by atoms with Crippen molar-refractivity contribution in [3.63, 3.8) is 0 Å². The Hall–Kier alpha value is -1.85. The largest absolute Gasteiger partial charge is 0.488 e. The smallest absolute Gasteiger partial charge is 0.250 e. The summed E-state index contributed by atoms with van der Waals surface area (Å²) in [6.07, 6.45) is 2.92. The molecule has 0 radical (unpaired) electrons. The zero-order chi connectivity index (χ0) is 16.8. The average molecular weight is 329 g/mol. The molecular formula is C19H27N3O2. The Labute approximate surface area is 144 Å². The summed E-state index contributed by atoms with van der Waals surface area (Å²) in [6, 6.07) is 7.80. The lowest BCUT2D eigenvalue weighted by Crippen LogP contribution is -2.46. The first-order valence-corrected chi connectivity index (χ1v) is 8.91. The Morgan fingerprint density at radius 2 is 1.92 bits per heavy atom. The molecule has 0 unspecified atom stereocenters. The molecule has 1 fully saturated rings. The van der Waals surface area contributed by atoms with E-state index in [4.69, 9.17) is 4.74 Å². The lowest BCUT2D eigenvalue weighted by atomic mass is 10.1. The summed E-state index contributed by atoms with van der Waals surface area (Å²) in [4.78, 5) is 17.2. The first-order valence-electron chi connectivity index (χ1n) is 8.91. The van der Waals surface area contributed by atoms with Gasteiger partial charge in [-0.2, -0.15) is 0 Å². The maximum atomic E-state index is 12.3. The number of benzene rings is 1. The molecule has 1 saturated heterocycles. The highest BCUT2D eigenvalue weighted by atomic mass is 16.5. The molecule has 130 valence electrons. The van der Waals surface area contributed by atoms with Crippen molar-refractivity contribution in [1.29, 1.82) is 0 Å². The van der Waals surface area contributed by atoms with Crippen molar-refractivity contribution in [2.24, 2.45) is 0 Å². The maximum Gasteiger partial charge on any atom is 0.250 e. The summed E-state index contributed by atoms with van der Waals surface area (Å²) in [5, 5.41) is 3.02. The van der Waals surface area contributed by atoms with Crippen molar-refractivity contribution in [3.05, 3.63) is 35.4 Å². The number of hydrogen-bond donors (Lipinski definition) is 1. The first kappa shape index (κ1) is 17.0. The molecule has 0 bridgehead atoms. The predicted octanol–water partition coefficient (Wildman–Crippen LogP) is 1.61. The Balaban J connectivity index is 1.38. The molecule has 1 aromatic carbocycles. The highest BCUT2D eigenvalue weighted by molar-refractivity contribution is 5.99. The van der Waals surface area contributed by atoms with Crippen molar-refractivity contribution in [2.75, 3.05) is 52.4 Å². The fourth-order valence-electron chi connectivity index (χ4n) is 3.19. The number of amides is 1. The van der Waals surface area contributed by atoms with Crippen LogP contribution in [0.25, 0.3) is 6.08 Å². The molecule has 3 rings (SSSR count). The molecule has 2 aliphatic rings. The summed E-state index contributed by atoms with van der Waals surface area (Å²) >= 11 is 0. The van der Waals surface area contributed by atoms with Crippen molar-refractivity contribution in [3.8, 4) is 5.75 Å². The molecule has 0 atom stereocenters. The van der Waals surface area contributed by atoms with Gasteiger partial charge in [-0.25, -0.2) is 0 Å². The second-order valence-corrected chi connectivity index (χ2v) is 6.38. The number of likely N-dealkylation sites (N-methyl/N-ethyl adjacent to an activating group) is 1. The van der Waals surface area contributed by atoms with Gasteiger partial charge in [-0.15, -0.1) is 0 Å². The lowest BCUT2D eigenvalue weighted by molar-refractivity contribution is -0.117. The van der Waals surface area contributed by atoms with Crippen molar-refractivity contribution < 1.29 is 9.53 Å². The number of hydrogen-bond acceptors (Lipinski definition) is 4. The average Bonchev–Trinajstić information content (AvgIpc) is 2.65. The van der Waals surface area contributed by atoms with E-state index in [0.29, 0.717) is 18.7 Å². The van der Waals surface area contributed by atoms with E-state index in [0.717, 1.165) is 57.0 Å². The summed E-state index contributed by atoms with van der Waals surface area (Å²) in [6.45, 7) is 10.1. The van der Waals surface area contributed by atoms with E-state index >= 15 is 0 Å². The van der Waals surface area contributed by atoms with Gasteiger partial charge in [0, 0.05) is 38.3 Å². The van der Waals surface area contributed by atoms with Crippen LogP contribution in [0.3, 0.4) is 0 Å². The zero-order valence-corrected chi connectivity index (χ0v) is 14.5. The molecule has 2 aliphatic heterocycles. The van der Waals surface area contributed by atoms with Gasteiger partial charge in [-0.3, -0.25) is 4.79 Å². The van der Waals surface area contributed by atoms with Gasteiger partial charge < -0.3 is 19.9 Å². The number of carbonyl (C=O) groups is 1. The molecule has 0 spiro atoms. The van der Waals surface area contributed by atoms with Crippen LogP contribution in [0.1, 0.15) is 18.9 Å². The highest BCUT2D eigenvalue weighted by Crippen LogP contribution is 2.25. The topological polar surface area (TPSA) is 44.8 Å². The van der Waals surface area contributed by atoms with Crippen LogP contribution in [0.15, 0.2) is 29.8 Å². The normalized spacial score (nSPS) is 18.5. The number of para-hydroxylation sites is 1. The number of carbonyl (C=O) groups excluding carboxylic acids is 1. The fraction of sp³-hybridized carbons (Fsp3) is 0.526. The molecular weight excluding hydrogens is 302 g/mol. The number of piperazine rings is 1. The molecule has 1 N–H and O–H groups in total. The highest BCUT2D eigenvalue weighted by Gasteiger charge is 2.17. The Morgan fingerprint density at radius 3 is 2.71 bits per heavy atom. The second kappa shape index (κ2) is 8.31. The molecule has 0 aliphatic carbocycles. The number of nitrogens with zero attached hydrogens (tertiary/aromatic N) is 2. The van der Waals surface area contributed by atoms with Crippen molar-refractivity contribution in [1.82, 2.24) is 15.1 Å². The van der Waals surface area contributed by atoms with Gasteiger partial charge in [0.25, 0.3) is 5.91 Å². The second-order valence-electron chi connectivity index (χ2n) is 6.38. The number of rotatable bonds is 6. The van der Waals surface area contributed by atoms with Crippen LogP contribution < -0.4 is 10.1 Å². The fourth-order valence-corrected chi connectivity index (χ4v) is 3.19. The third-order valence-electron chi connectivity index (χ3n) is 4.77. The van der Waals surface area contributed by atoms with Crippen LogP contribution in [-0.2, 0) is 4.79 Å². The number of ether oxygens (including phenoxy) is 1. The SMILES string of the molecule is CCN1CCN(CCCNC(=O)C2=Cc3ccccc3OC2)CC1. The number of nitrogens with one attached hydrogen (secondary N) is 1. The maximum absolute atomic E-state index is 12.3. The van der Waals surface area contributed by atoms with Crippen LogP contribution in [0.4, 0.5) is 0 Å². The summed E-state index contributed by atoms with van der Waals surface area (Å²) < 4.78 is 5.64. The summed E-state index contributed by atoms with van der Waals surface area (Å²) in [7, 11) is 0. The van der Waals surface area contributed by atoms with Gasteiger partial charge >= 0.3 is 0 Å². The third-order valence-corrected chi connectivity index (χ3v) is 4.77. The minimum atomic E-state index is -0.0136. The van der Waals surface area contributed by atoms with Crippen LogP contribution >= 0.6 is 0 Å². The van der Waals surface area contributed by atoms with E-state index in [9.17, 15) is 4.79 Å². The molecule has 5 nitrogen and oxygen atoms in total. The van der Waals surface area contributed by atoms with Gasteiger partial charge in [0.1, 0.15) is 12.4 Å². The lowest BCUT2D eigenvalue weighted by Gasteiger charge is -2.33. The van der Waals surface area contributed by atoms with E-state index in [1.165, 1.54) is 0 Å². The number of fused-ring (bicyclic) bond motifs is 1. The van der Waals surface area contributed by atoms with Crippen molar-refractivity contribution in [2.45, 2.75) is 13.3 Å². The molecule has 0 aromatic heterocycles. The van der Waals surface area contributed by atoms with Gasteiger partial charge in [-0.1, -0.05) is 25.1 Å². The summed E-state index contributed by atoms with van der Waals surface area (Å²) in [5.41, 5.74) is 1.67. The molecule has 24 heavy (non-hydrogen) atoms.